The second kappa shape index (κ2) is 7.83. The van der Waals surface area contributed by atoms with E-state index in [0.29, 0.717) is 18.9 Å². The van der Waals surface area contributed by atoms with E-state index in [2.05, 4.69) is 4.74 Å². The summed E-state index contributed by atoms with van der Waals surface area (Å²) in [6.07, 6.45) is -3.95. The van der Waals surface area contributed by atoms with E-state index < -0.39 is 19.0 Å². The summed E-state index contributed by atoms with van der Waals surface area (Å²) in [6, 6.07) is 7.11. The number of amides is 1. The number of carbonyl (C=O) groups is 1. The molecule has 8 heteroatoms. The minimum Gasteiger partial charge on any atom is -0.491 e. The lowest BCUT2D eigenvalue weighted by Gasteiger charge is -2.26. The monoisotopic (exact) mass is 349 g/mol. The fraction of sp³-hybridized carbons (Fsp3) is 0.562. The second-order valence-electron chi connectivity index (χ2n) is 5.65. The van der Waals surface area contributed by atoms with Crippen LogP contribution in [0.5, 0.6) is 5.75 Å². The summed E-state index contributed by atoms with van der Waals surface area (Å²) in [5.41, 5.74) is 0.848. The van der Waals surface area contributed by atoms with Gasteiger partial charge in [-0.3, -0.25) is 4.79 Å². The summed E-state index contributed by atoms with van der Waals surface area (Å²) in [7, 11) is 0. The number of hydrogen-bond acceptors (Lipinski definition) is 3. The fourth-order valence-electron chi connectivity index (χ4n) is 2.32. The summed E-state index contributed by atoms with van der Waals surface area (Å²) in [5.74, 6) is -3.80. The van der Waals surface area contributed by atoms with Gasteiger partial charge in [0.05, 0.1) is 19.1 Å². The Hall–Kier alpha value is -1.83. The van der Waals surface area contributed by atoms with Gasteiger partial charge in [0.2, 0.25) is 5.91 Å². The zero-order valence-corrected chi connectivity index (χ0v) is 13.2. The molecule has 1 aromatic rings. The van der Waals surface area contributed by atoms with Crippen molar-refractivity contribution >= 4 is 5.91 Å². The van der Waals surface area contributed by atoms with Crippen molar-refractivity contribution in [3.63, 3.8) is 0 Å². The van der Waals surface area contributed by atoms with Crippen molar-refractivity contribution in [3.05, 3.63) is 29.8 Å². The molecule has 1 heterocycles. The molecule has 1 atom stereocenters. The van der Waals surface area contributed by atoms with Crippen molar-refractivity contribution in [2.45, 2.75) is 38.3 Å². The molecule has 24 heavy (non-hydrogen) atoms. The Labute approximate surface area is 137 Å². The lowest BCUT2D eigenvalue weighted by atomic mass is 10.1. The lowest BCUT2D eigenvalue weighted by Crippen LogP contribution is -2.40. The molecule has 1 aliphatic heterocycles. The second-order valence-corrected chi connectivity index (χ2v) is 5.65. The molecule has 0 saturated heterocycles. The minimum absolute atomic E-state index is 0.161. The maximum atomic E-state index is 12.7. The van der Waals surface area contributed by atoms with E-state index in [4.69, 9.17) is 4.74 Å². The fourth-order valence-corrected chi connectivity index (χ4v) is 2.32. The van der Waals surface area contributed by atoms with Crippen molar-refractivity contribution in [2.24, 2.45) is 0 Å². The molecule has 0 N–H and O–H groups in total. The third-order valence-corrected chi connectivity index (χ3v) is 3.72. The summed E-state index contributed by atoms with van der Waals surface area (Å²) < 4.78 is 59.6. The van der Waals surface area contributed by atoms with Crippen LogP contribution in [0.2, 0.25) is 0 Å². The normalized spacial score (nSPS) is 18.1. The predicted octanol–water partition coefficient (Wildman–Crippen LogP) is 3.10. The van der Waals surface area contributed by atoms with Crippen LogP contribution in [0.15, 0.2) is 24.3 Å². The number of rotatable bonds is 6. The number of carbonyl (C=O) groups excluding carboxylic acids is 1. The molecule has 0 aliphatic carbocycles. The zero-order valence-electron chi connectivity index (χ0n) is 13.2. The average Bonchev–Trinajstić information content (AvgIpc) is 2.71. The Morgan fingerprint density at radius 1 is 1.42 bits per heavy atom. The van der Waals surface area contributed by atoms with Crippen LogP contribution in [0.25, 0.3) is 0 Å². The van der Waals surface area contributed by atoms with Gasteiger partial charge in [-0.05, 0) is 13.0 Å². The third kappa shape index (κ3) is 4.59. The van der Waals surface area contributed by atoms with Gasteiger partial charge >= 0.3 is 12.3 Å². The first-order valence-electron chi connectivity index (χ1n) is 7.55. The molecule has 0 spiro atoms. The summed E-state index contributed by atoms with van der Waals surface area (Å²) in [4.78, 5) is 13.9. The van der Waals surface area contributed by atoms with Crippen molar-refractivity contribution in [1.29, 1.82) is 0 Å². The molecule has 1 aliphatic rings. The van der Waals surface area contributed by atoms with Crippen LogP contribution < -0.4 is 4.74 Å². The van der Waals surface area contributed by atoms with E-state index in [0.717, 1.165) is 5.56 Å². The van der Waals surface area contributed by atoms with E-state index in [1.165, 1.54) is 0 Å². The van der Waals surface area contributed by atoms with E-state index >= 15 is 0 Å². The third-order valence-electron chi connectivity index (χ3n) is 3.72. The Balaban J connectivity index is 1.87. The Kier molecular flexibility index (Phi) is 6.04. The van der Waals surface area contributed by atoms with Gasteiger partial charge in [-0.25, -0.2) is 8.78 Å². The van der Waals surface area contributed by atoms with Crippen LogP contribution in [0, 0.1) is 0 Å². The Bertz CT molecular complexity index is 568. The largest absolute Gasteiger partial charge is 0.491 e. The molecule has 134 valence electrons. The number of para-hydroxylation sites is 1. The highest BCUT2D eigenvalue weighted by Gasteiger charge is 2.41. The van der Waals surface area contributed by atoms with Gasteiger partial charge in [0.15, 0.2) is 0 Å². The average molecular weight is 349 g/mol. The molecule has 1 unspecified atom stereocenters. The molecule has 0 aromatic heterocycles. The summed E-state index contributed by atoms with van der Waals surface area (Å²) in [6.45, 7) is 0.721. The van der Waals surface area contributed by atoms with Gasteiger partial charge < -0.3 is 14.4 Å². The van der Waals surface area contributed by atoms with E-state index in [1.807, 2.05) is 31.2 Å². The van der Waals surface area contributed by atoms with Gasteiger partial charge in [0.1, 0.15) is 19.0 Å². The van der Waals surface area contributed by atoms with Gasteiger partial charge in [0, 0.05) is 12.1 Å². The predicted molar refractivity (Wildman–Crippen MR) is 78.3 cm³/mol. The number of alkyl halides is 4. The summed E-state index contributed by atoms with van der Waals surface area (Å²) >= 11 is 0. The van der Waals surface area contributed by atoms with Crippen LogP contribution in [-0.2, 0) is 16.1 Å². The SMILES string of the molecule is CC1COc2ccccc2CN1C(=O)CCOCC(F)(F)C(F)F. The first-order chi connectivity index (χ1) is 11.3. The van der Waals surface area contributed by atoms with Crippen LogP contribution in [0.4, 0.5) is 17.6 Å². The molecule has 1 amide bonds. The highest BCUT2D eigenvalue weighted by molar-refractivity contribution is 5.76. The van der Waals surface area contributed by atoms with Gasteiger partial charge in [-0.15, -0.1) is 0 Å². The number of ether oxygens (including phenoxy) is 2. The first kappa shape index (κ1) is 18.5. The first-order valence-corrected chi connectivity index (χ1v) is 7.55. The molecule has 0 fully saturated rings. The van der Waals surface area contributed by atoms with E-state index in [-0.39, 0.29) is 25.0 Å². The number of hydrogen-bond donors (Lipinski definition) is 0. The van der Waals surface area contributed by atoms with Crippen molar-refractivity contribution in [2.75, 3.05) is 19.8 Å². The molecular formula is C16H19F4NO3. The molecule has 0 saturated carbocycles. The van der Waals surface area contributed by atoms with Gasteiger partial charge in [-0.1, -0.05) is 18.2 Å². The number of halogens is 4. The molecule has 2 rings (SSSR count). The minimum atomic E-state index is -4.20. The molecule has 0 bridgehead atoms. The van der Waals surface area contributed by atoms with Crippen molar-refractivity contribution < 1.29 is 31.8 Å². The van der Waals surface area contributed by atoms with Gasteiger partial charge in [0.25, 0.3) is 0 Å². The molecule has 1 aromatic carbocycles. The Morgan fingerprint density at radius 3 is 2.83 bits per heavy atom. The number of benzene rings is 1. The smallest absolute Gasteiger partial charge is 0.330 e. The topological polar surface area (TPSA) is 38.8 Å². The lowest BCUT2D eigenvalue weighted by molar-refractivity contribution is -0.167. The maximum absolute atomic E-state index is 12.7. The van der Waals surface area contributed by atoms with E-state index in [1.54, 1.807) is 4.90 Å². The number of fused-ring (bicyclic) bond motifs is 1. The zero-order chi connectivity index (χ0) is 17.7. The van der Waals surface area contributed by atoms with E-state index in [9.17, 15) is 22.4 Å². The van der Waals surface area contributed by atoms with Crippen LogP contribution in [0.1, 0.15) is 18.9 Å². The molecular weight excluding hydrogens is 330 g/mol. The van der Waals surface area contributed by atoms with Gasteiger partial charge in [-0.2, -0.15) is 8.78 Å². The highest BCUT2D eigenvalue weighted by Crippen LogP contribution is 2.25. The molecule has 4 nitrogen and oxygen atoms in total. The van der Waals surface area contributed by atoms with Crippen molar-refractivity contribution in [3.8, 4) is 5.75 Å². The number of nitrogens with zero attached hydrogens (tertiary/aromatic N) is 1. The van der Waals surface area contributed by atoms with Crippen LogP contribution in [0.3, 0.4) is 0 Å². The van der Waals surface area contributed by atoms with Crippen molar-refractivity contribution in [1.82, 2.24) is 4.90 Å². The Morgan fingerprint density at radius 2 is 2.12 bits per heavy atom. The standard InChI is InChI=1S/C16H19F4NO3/c1-11-9-24-13-5-3-2-4-12(13)8-21(11)14(22)6-7-23-10-16(19,20)15(17)18/h2-5,11,15H,6-10H2,1H3. The highest BCUT2D eigenvalue weighted by atomic mass is 19.3. The summed E-state index contributed by atoms with van der Waals surface area (Å²) in [5, 5.41) is 0. The quantitative estimate of drug-likeness (QED) is 0.585. The maximum Gasteiger partial charge on any atom is 0.330 e. The van der Waals surface area contributed by atoms with Crippen LogP contribution in [-0.4, -0.2) is 49.0 Å². The van der Waals surface area contributed by atoms with Crippen LogP contribution >= 0.6 is 0 Å². The molecule has 0 radical (unpaired) electrons.